The SMILES string of the molecule is CC/C=C\C/C=C\C/C=C\C/C=C\C/C=C\CCCCCCCCCCCCCCCC(=O)OC(COC(=O)CCCCCCCCCCCCCCCCCCCCCCCCCCCC/C=C\C/C=C\C/C=C\C/C=C\CC)COC(OCC[N+](C)(C)C)C(=O)O. The van der Waals surface area contributed by atoms with E-state index in [1.54, 1.807) is 0 Å². The van der Waals surface area contributed by atoms with Crippen molar-refractivity contribution in [3.8, 4) is 0 Å². The van der Waals surface area contributed by atoms with Gasteiger partial charge in [-0.25, -0.2) is 4.79 Å². The molecule has 0 aliphatic heterocycles. The topological polar surface area (TPSA) is 108 Å². The zero-order chi connectivity index (χ0) is 67.5. The number of nitrogens with zero attached hydrogens (tertiary/aromatic N) is 1. The Morgan fingerprint density at radius 2 is 0.581 bits per heavy atom. The fourth-order valence-electron chi connectivity index (χ4n) is 11.2. The van der Waals surface area contributed by atoms with Crippen LogP contribution in [0.25, 0.3) is 0 Å². The Bertz CT molecular complexity index is 1900. The molecule has 1 N–H and O–H groups in total. The molecule has 0 radical (unpaired) electrons. The molecule has 0 spiro atoms. The van der Waals surface area contributed by atoms with Crippen molar-refractivity contribution in [1.29, 1.82) is 0 Å². The van der Waals surface area contributed by atoms with E-state index in [4.69, 9.17) is 18.9 Å². The molecule has 0 aliphatic carbocycles. The Kier molecular flexibility index (Phi) is 70.5. The second-order valence-corrected chi connectivity index (χ2v) is 27.3. The second-order valence-electron chi connectivity index (χ2n) is 27.3. The standard InChI is InChI=1S/C84H147NO8/c1-6-8-10-12-14-16-18-20-22-24-26-28-30-32-34-36-37-38-39-40-41-42-43-44-45-47-48-50-52-54-56-58-60-62-64-66-68-70-72-74-81(86)91-78-80(79-92-84(83(88)89)90-77-76-85(3,4)5)93-82(87)75-73-71-69-67-65-63-61-59-57-55-53-51-49-46-35-33-31-29-27-25-23-21-19-17-15-13-11-9-7-2/h8-11,14-17,20-23,26-29,33,35,80,84H,6-7,12-13,18-19,24-25,30-32,34,36-79H2,1-5H3/p+1/b10-8-,11-9-,16-14-,17-15-,22-20-,23-21-,28-26-,29-27-,35-33-. The highest BCUT2D eigenvalue weighted by atomic mass is 16.7. The number of hydrogen-bond donors (Lipinski definition) is 1. The minimum absolute atomic E-state index is 0.182. The maximum atomic E-state index is 13.0. The van der Waals surface area contributed by atoms with Gasteiger partial charge >= 0.3 is 17.9 Å². The van der Waals surface area contributed by atoms with Gasteiger partial charge in [0.25, 0.3) is 6.29 Å². The Labute approximate surface area is 575 Å². The number of hydrogen-bond acceptors (Lipinski definition) is 7. The molecule has 9 nitrogen and oxygen atoms in total. The molecule has 0 aromatic carbocycles. The fraction of sp³-hybridized carbons (Fsp3) is 0.750. The van der Waals surface area contributed by atoms with E-state index >= 15 is 0 Å². The summed E-state index contributed by atoms with van der Waals surface area (Å²) in [6.45, 7) is 4.69. The van der Waals surface area contributed by atoms with Crippen LogP contribution in [0.2, 0.25) is 0 Å². The maximum absolute atomic E-state index is 13.0. The van der Waals surface area contributed by atoms with Gasteiger partial charge in [-0.15, -0.1) is 0 Å². The highest BCUT2D eigenvalue weighted by molar-refractivity contribution is 5.71. The first-order valence-electron chi connectivity index (χ1n) is 39.1. The van der Waals surface area contributed by atoms with Gasteiger partial charge in [-0.2, -0.15) is 0 Å². The van der Waals surface area contributed by atoms with Crippen LogP contribution in [0.15, 0.2) is 109 Å². The predicted octanol–water partition coefficient (Wildman–Crippen LogP) is 24.9. The lowest BCUT2D eigenvalue weighted by atomic mass is 10.0. The van der Waals surface area contributed by atoms with E-state index in [1.807, 2.05) is 21.1 Å². The molecule has 536 valence electrons. The molecule has 2 unspecified atom stereocenters. The molecule has 0 aromatic heterocycles. The summed E-state index contributed by atoms with van der Waals surface area (Å²) >= 11 is 0. The summed E-state index contributed by atoms with van der Waals surface area (Å²) in [4.78, 5) is 37.7. The van der Waals surface area contributed by atoms with Crippen LogP contribution in [0.5, 0.6) is 0 Å². The molecule has 0 aromatic rings. The zero-order valence-electron chi connectivity index (χ0n) is 61.4. The van der Waals surface area contributed by atoms with E-state index in [1.165, 1.54) is 225 Å². The van der Waals surface area contributed by atoms with Gasteiger partial charge in [0.15, 0.2) is 6.10 Å². The van der Waals surface area contributed by atoms with E-state index < -0.39 is 24.3 Å². The number of carbonyl (C=O) groups is 3. The van der Waals surface area contributed by atoms with E-state index in [0.29, 0.717) is 17.4 Å². The third-order valence-electron chi connectivity index (χ3n) is 17.0. The molecule has 0 heterocycles. The van der Waals surface area contributed by atoms with Crippen LogP contribution in [-0.4, -0.2) is 87.4 Å². The second kappa shape index (κ2) is 73.8. The van der Waals surface area contributed by atoms with Crippen molar-refractivity contribution in [2.45, 2.75) is 360 Å². The van der Waals surface area contributed by atoms with Crippen molar-refractivity contribution in [3.05, 3.63) is 109 Å². The number of rotatable bonds is 72. The van der Waals surface area contributed by atoms with E-state index in [9.17, 15) is 19.5 Å². The normalized spacial score (nSPS) is 13.3. The predicted molar refractivity (Wildman–Crippen MR) is 401 cm³/mol. The molecule has 0 rings (SSSR count). The first-order valence-corrected chi connectivity index (χ1v) is 39.1. The van der Waals surface area contributed by atoms with Crippen molar-refractivity contribution < 1.29 is 42.9 Å². The monoisotopic (exact) mass is 1300 g/mol. The smallest absolute Gasteiger partial charge is 0.361 e. The zero-order valence-corrected chi connectivity index (χ0v) is 61.4. The molecule has 0 saturated heterocycles. The number of carboxylic acid groups (broad SMARTS) is 1. The number of quaternary nitrogens is 1. The van der Waals surface area contributed by atoms with Gasteiger partial charge in [-0.05, 0) is 96.3 Å². The molecule has 0 bridgehead atoms. The number of ether oxygens (including phenoxy) is 4. The first-order chi connectivity index (χ1) is 45.6. The van der Waals surface area contributed by atoms with E-state index in [-0.39, 0.29) is 32.2 Å². The lowest BCUT2D eigenvalue weighted by Gasteiger charge is -2.25. The van der Waals surface area contributed by atoms with Crippen molar-refractivity contribution in [3.63, 3.8) is 0 Å². The average Bonchev–Trinajstić information content (AvgIpc) is 3.74. The molecule has 2 atom stereocenters. The van der Waals surface area contributed by atoms with Crippen LogP contribution in [-0.2, 0) is 33.3 Å². The number of likely N-dealkylation sites (N-methyl/N-ethyl adjacent to an activating group) is 1. The molecule has 0 amide bonds. The molecular formula is C84H148NO8+. The number of esters is 2. The number of carbonyl (C=O) groups excluding carboxylic acids is 2. The average molecular weight is 1300 g/mol. The largest absolute Gasteiger partial charge is 0.477 e. The lowest BCUT2D eigenvalue weighted by molar-refractivity contribution is -0.870. The minimum Gasteiger partial charge on any atom is -0.477 e. The van der Waals surface area contributed by atoms with Gasteiger partial charge < -0.3 is 28.5 Å². The Morgan fingerprint density at radius 1 is 0.323 bits per heavy atom. The van der Waals surface area contributed by atoms with Crippen molar-refractivity contribution >= 4 is 17.9 Å². The van der Waals surface area contributed by atoms with Crippen molar-refractivity contribution in [2.75, 3.05) is 47.5 Å². The quantitative estimate of drug-likeness (QED) is 0.0211. The van der Waals surface area contributed by atoms with Gasteiger partial charge in [0.2, 0.25) is 0 Å². The summed E-state index contributed by atoms with van der Waals surface area (Å²) in [7, 11) is 5.99. The van der Waals surface area contributed by atoms with E-state index in [2.05, 4.69) is 123 Å². The van der Waals surface area contributed by atoms with Gasteiger partial charge in [0.05, 0.1) is 34.4 Å². The van der Waals surface area contributed by atoms with Crippen molar-refractivity contribution in [2.24, 2.45) is 0 Å². The molecular weight excluding hydrogens is 1150 g/mol. The van der Waals surface area contributed by atoms with Gasteiger partial charge in [-0.1, -0.05) is 348 Å². The minimum atomic E-state index is -1.51. The van der Waals surface area contributed by atoms with E-state index in [0.717, 1.165) is 96.3 Å². The Hall–Kier alpha value is -4.05. The summed E-state index contributed by atoms with van der Waals surface area (Å²) in [5.74, 6) is -1.99. The van der Waals surface area contributed by atoms with Gasteiger partial charge in [-0.3, -0.25) is 9.59 Å². The van der Waals surface area contributed by atoms with Crippen LogP contribution >= 0.6 is 0 Å². The summed E-state index contributed by atoms with van der Waals surface area (Å²) in [6, 6.07) is 0. The Balaban J connectivity index is 3.99. The third-order valence-corrected chi connectivity index (χ3v) is 17.0. The molecule has 93 heavy (non-hydrogen) atoms. The highest BCUT2D eigenvalue weighted by Gasteiger charge is 2.25. The Morgan fingerprint density at radius 3 is 0.860 bits per heavy atom. The maximum Gasteiger partial charge on any atom is 0.361 e. The lowest BCUT2D eigenvalue weighted by Crippen LogP contribution is -2.40. The summed E-state index contributed by atoms with van der Waals surface area (Å²) < 4.78 is 23.0. The van der Waals surface area contributed by atoms with Gasteiger partial charge in [0, 0.05) is 12.8 Å². The van der Waals surface area contributed by atoms with Crippen LogP contribution in [0.4, 0.5) is 0 Å². The number of unbranched alkanes of at least 4 members (excludes halogenated alkanes) is 39. The van der Waals surface area contributed by atoms with Gasteiger partial charge in [0.1, 0.15) is 13.2 Å². The number of carboxylic acids is 1. The summed E-state index contributed by atoms with van der Waals surface area (Å²) in [5.41, 5.74) is 0. The first kappa shape index (κ1) is 89.0. The summed E-state index contributed by atoms with van der Waals surface area (Å²) in [6.07, 6.45) is 101. The van der Waals surface area contributed by atoms with Crippen LogP contribution in [0.1, 0.15) is 348 Å². The van der Waals surface area contributed by atoms with Crippen LogP contribution in [0.3, 0.4) is 0 Å². The molecule has 0 saturated carbocycles. The summed E-state index contributed by atoms with van der Waals surface area (Å²) in [5, 5.41) is 9.77. The molecule has 9 heteroatoms. The highest BCUT2D eigenvalue weighted by Crippen LogP contribution is 2.19. The number of allylic oxidation sites excluding steroid dienone is 18. The molecule has 0 fully saturated rings. The van der Waals surface area contributed by atoms with Crippen LogP contribution in [0, 0.1) is 0 Å². The number of aliphatic carboxylic acids is 1. The molecule has 0 aliphatic rings. The van der Waals surface area contributed by atoms with Crippen molar-refractivity contribution in [1.82, 2.24) is 0 Å². The van der Waals surface area contributed by atoms with Crippen LogP contribution < -0.4 is 0 Å². The fourth-order valence-corrected chi connectivity index (χ4v) is 11.2. The third kappa shape index (κ3) is 75.2.